The van der Waals surface area contributed by atoms with Crippen LogP contribution in [0.15, 0.2) is 21.6 Å². The largest absolute Gasteiger partial charge is 0.422 e. The Morgan fingerprint density at radius 3 is 2.96 bits per heavy atom. The lowest BCUT2D eigenvalue weighted by atomic mass is 10.3. The molecular formula is C13H16ClN5O4S. The van der Waals surface area contributed by atoms with Crippen molar-refractivity contribution in [2.45, 2.75) is 24.3 Å². The molecule has 1 aliphatic heterocycles. The molecule has 1 fully saturated rings. The fraction of sp³-hybridized carbons (Fsp3) is 0.462. The Kier molecular flexibility index (Phi) is 4.72. The van der Waals surface area contributed by atoms with Gasteiger partial charge in [-0.25, -0.2) is 13.4 Å². The van der Waals surface area contributed by atoms with Gasteiger partial charge in [-0.3, -0.25) is 0 Å². The standard InChI is InChI=1S/C13H16ClN5O4S/c1-2-11-17-18-13(23-11)9-7-19(3-4-22-9)24(20,21)10-5-8(14)6-16-12(10)15/h5-6,9H,2-4,7H2,1H3,(H2,15,16)/t9-/m0/s1. The molecule has 2 aromatic heterocycles. The van der Waals surface area contributed by atoms with Gasteiger partial charge in [0.25, 0.3) is 0 Å². The summed E-state index contributed by atoms with van der Waals surface area (Å²) in [7, 11) is -3.86. The van der Waals surface area contributed by atoms with Gasteiger partial charge >= 0.3 is 0 Å². The fourth-order valence-electron chi connectivity index (χ4n) is 2.31. The molecule has 2 N–H and O–H groups in total. The van der Waals surface area contributed by atoms with Crippen LogP contribution in [0, 0.1) is 0 Å². The van der Waals surface area contributed by atoms with E-state index in [1.165, 1.54) is 16.6 Å². The van der Waals surface area contributed by atoms with Gasteiger partial charge in [0.2, 0.25) is 21.8 Å². The van der Waals surface area contributed by atoms with Gasteiger partial charge in [0.1, 0.15) is 16.8 Å². The molecule has 1 aliphatic rings. The first-order valence-corrected chi connectivity index (χ1v) is 9.08. The highest BCUT2D eigenvalue weighted by molar-refractivity contribution is 7.89. The van der Waals surface area contributed by atoms with Crippen LogP contribution in [0.25, 0.3) is 0 Å². The number of nitrogens with two attached hydrogens (primary N) is 1. The summed E-state index contributed by atoms with van der Waals surface area (Å²) in [5, 5.41) is 7.97. The monoisotopic (exact) mass is 373 g/mol. The minimum absolute atomic E-state index is 0.0413. The number of pyridine rings is 1. The van der Waals surface area contributed by atoms with E-state index in [0.29, 0.717) is 12.3 Å². The van der Waals surface area contributed by atoms with Crippen molar-refractivity contribution in [2.24, 2.45) is 0 Å². The van der Waals surface area contributed by atoms with Crippen molar-refractivity contribution in [3.05, 3.63) is 29.1 Å². The fourth-order valence-corrected chi connectivity index (χ4v) is 4.05. The highest BCUT2D eigenvalue weighted by atomic mass is 35.5. The molecule has 9 nitrogen and oxygen atoms in total. The molecule has 0 unspecified atom stereocenters. The third kappa shape index (κ3) is 3.22. The number of sulfonamides is 1. The van der Waals surface area contributed by atoms with Gasteiger partial charge in [-0.2, -0.15) is 4.31 Å². The number of nitrogens with zero attached hydrogens (tertiary/aromatic N) is 4. The molecule has 0 bridgehead atoms. The first kappa shape index (κ1) is 17.1. The zero-order valence-electron chi connectivity index (χ0n) is 12.8. The molecule has 0 spiro atoms. The molecule has 1 saturated heterocycles. The average Bonchev–Trinajstić information content (AvgIpc) is 3.06. The zero-order chi connectivity index (χ0) is 17.3. The van der Waals surface area contributed by atoms with Crippen molar-refractivity contribution >= 4 is 27.4 Å². The number of aromatic nitrogens is 3. The Balaban J connectivity index is 1.87. The summed E-state index contributed by atoms with van der Waals surface area (Å²) in [4.78, 5) is 3.67. The maximum Gasteiger partial charge on any atom is 0.246 e. The van der Waals surface area contributed by atoms with E-state index in [0.717, 1.165) is 0 Å². The van der Waals surface area contributed by atoms with E-state index >= 15 is 0 Å². The van der Waals surface area contributed by atoms with Gasteiger partial charge in [-0.05, 0) is 6.07 Å². The molecule has 0 aliphatic carbocycles. The molecule has 11 heteroatoms. The molecule has 24 heavy (non-hydrogen) atoms. The number of nitrogen functional groups attached to an aromatic ring is 1. The summed E-state index contributed by atoms with van der Waals surface area (Å²) >= 11 is 5.85. The topological polar surface area (TPSA) is 124 Å². The van der Waals surface area contributed by atoms with E-state index in [-0.39, 0.29) is 41.3 Å². The number of hydrogen-bond acceptors (Lipinski definition) is 8. The predicted molar refractivity (Wildman–Crippen MR) is 84.8 cm³/mol. The van der Waals surface area contributed by atoms with Crippen LogP contribution in [0.5, 0.6) is 0 Å². The molecule has 1 atom stereocenters. The van der Waals surface area contributed by atoms with Crippen molar-refractivity contribution in [3.63, 3.8) is 0 Å². The molecular weight excluding hydrogens is 358 g/mol. The average molecular weight is 374 g/mol. The van der Waals surface area contributed by atoms with Crippen LogP contribution in [0.2, 0.25) is 5.02 Å². The Bertz CT molecular complexity index is 841. The van der Waals surface area contributed by atoms with Crippen LogP contribution in [0.1, 0.15) is 24.8 Å². The molecule has 0 aromatic carbocycles. The minimum atomic E-state index is -3.86. The molecule has 130 valence electrons. The van der Waals surface area contributed by atoms with E-state index in [1.54, 1.807) is 0 Å². The molecule has 0 saturated carbocycles. The van der Waals surface area contributed by atoms with E-state index < -0.39 is 16.1 Å². The lowest BCUT2D eigenvalue weighted by Crippen LogP contribution is -2.42. The first-order chi connectivity index (χ1) is 11.4. The van der Waals surface area contributed by atoms with E-state index in [9.17, 15) is 8.42 Å². The maximum atomic E-state index is 12.8. The Hall–Kier alpha value is -1.75. The third-order valence-electron chi connectivity index (χ3n) is 3.56. The van der Waals surface area contributed by atoms with Crippen molar-refractivity contribution in [3.8, 4) is 0 Å². The number of rotatable bonds is 4. The molecule has 3 rings (SSSR count). The van der Waals surface area contributed by atoms with Gasteiger partial charge in [-0.1, -0.05) is 18.5 Å². The molecule has 0 amide bonds. The Morgan fingerprint density at radius 1 is 1.46 bits per heavy atom. The predicted octanol–water partition coefficient (Wildman–Crippen LogP) is 1.02. The quantitative estimate of drug-likeness (QED) is 0.842. The van der Waals surface area contributed by atoms with Gasteiger partial charge in [0.15, 0.2) is 0 Å². The highest BCUT2D eigenvalue weighted by Crippen LogP contribution is 2.28. The number of ether oxygens (including phenoxy) is 1. The third-order valence-corrected chi connectivity index (χ3v) is 5.66. The van der Waals surface area contributed by atoms with Crippen molar-refractivity contribution in [1.29, 1.82) is 0 Å². The lowest BCUT2D eigenvalue weighted by molar-refractivity contribution is -0.0177. The van der Waals surface area contributed by atoms with Crippen LogP contribution >= 0.6 is 11.6 Å². The first-order valence-electron chi connectivity index (χ1n) is 7.27. The maximum absolute atomic E-state index is 12.8. The summed E-state index contributed by atoms with van der Waals surface area (Å²) in [5.41, 5.74) is 5.70. The molecule has 0 radical (unpaired) electrons. The van der Waals surface area contributed by atoms with E-state index in [4.69, 9.17) is 26.5 Å². The summed E-state index contributed by atoms with van der Waals surface area (Å²) in [6.07, 6.45) is 1.25. The van der Waals surface area contributed by atoms with Crippen molar-refractivity contribution < 1.29 is 17.6 Å². The Labute approximate surface area is 143 Å². The van der Waals surface area contributed by atoms with Gasteiger partial charge in [-0.15, -0.1) is 10.2 Å². The van der Waals surface area contributed by atoms with Gasteiger partial charge in [0, 0.05) is 25.7 Å². The normalized spacial score (nSPS) is 19.5. The SMILES string of the molecule is CCc1nnc([C@@H]2CN(S(=O)(=O)c3cc(Cl)cnc3N)CCO2)o1. The molecule has 2 aromatic rings. The summed E-state index contributed by atoms with van der Waals surface area (Å²) in [6, 6.07) is 1.28. The minimum Gasteiger partial charge on any atom is -0.422 e. The van der Waals surface area contributed by atoms with Crippen LogP contribution in [-0.4, -0.2) is 47.6 Å². The van der Waals surface area contributed by atoms with Crippen LogP contribution in [0.3, 0.4) is 0 Å². The molecule has 3 heterocycles. The van der Waals surface area contributed by atoms with E-state index in [2.05, 4.69) is 15.2 Å². The summed E-state index contributed by atoms with van der Waals surface area (Å²) in [5.74, 6) is 0.620. The second kappa shape index (κ2) is 6.63. The lowest BCUT2D eigenvalue weighted by Gasteiger charge is -2.30. The van der Waals surface area contributed by atoms with Crippen molar-refractivity contribution in [1.82, 2.24) is 19.5 Å². The summed E-state index contributed by atoms with van der Waals surface area (Å²) < 4.78 is 37.9. The number of halogens is 1. The van der Waals surface area contributed by atoms with Gasteiger partial charge < -0.3 is 14.9 Å². The van der Waals surface area contributed by atoms with E-state index in [1.807, 2.05) is 6.92 Å². The highest BCUT2D eigenvalue weighted by Gasteiger charge is 2.35. The second-order valence-corrected chi connectivity index (χ2v) is 7.49. The van der Waals surface area contributed by atoms with Gasteiger partial charge in [0.05, 0.1) is 11.6 Å². The number of hydrogen-bond donors (Lipinski definition) is 1. The summed E-state index contributed by atoms with van der Waals surface area (Å²) in [6.45, 7) is 2.30. The zero-order valence-corrected chi connectivity index (χ0v) is 14.4. The van der Waals surface area contributed by atoms with Crippen LogP contribution in [0.4, 0.5) is 5.82 Å². The van der Waals surface area contributed by atoms with Crippen LogP contribution < -0.4 is 5.73 Å². The number of aryl methyl sites for hydroxylation is 1. The Morgan fingerprint density at radius 2 is 2.25 bits per heavy atom. The number of anilines is 1. The smallest absolute Gasteiger partial charge is 0.246 e. The van der Waals surface area contributed by atoms with Crippen molar-refractivity contribution in [2.75, 3.05) is 25.4 Å². The van der Waals surface area contributed by atoms with Crippen LogP contribution in [-0.2, 0) is 21.2 Å². The number of morpholine rings is 1. The second-order valence-electron chi connectivity index (χ2n) is 5.15.